The molecule has 128 valence electrons. The zero-order valence-electron chi connectivity index (χ0n) is 13.0. The fourth-order valence-electron chi connectivity index (χ4n) is 3.09. The van der Waals surface area contributed by atoms with Crippen LogP contribution in [0.4, 0.5) is 5.69 Å². The second-order valence-electron chi connectivity index (χ2n) is 5.52. The number of carboxylic acid groups (broad SMARTS) is 1. The molecule has 2 heterocycles. The van der Waals surface area contributed by atoms with Crippen LogP contribution in [-0.4, -0.2) is 43.4 Å². The first kappa shape index (κ1) is 16.6. The molecule has 0 aliphatic carbocycles. The standard InChI is InChI=1S/C16H16ClNO6/c1-22-11-6-12(23-2)8(5-7(11)17)18-15(19)13-9-3-4-10(24-9)14(13)16(20)21/h3-6,9-10,13-14H,1-2H3,(H,18,19)(H,20,21)/t9-,10-,13-,14+/m1/s1. The molecule has 2 N–H and O–H groups in total. The van der Waals surface area contributed by atoms with E-state index in [2.05, 4.69) is 5.32 Å². The van der Waals surface area contributed by atoms with Gasteiger partial charge in [0.15, 0.2) is 0 Å². The number of anilines is 1. The summed E-state index contributed by atoms with van der Waals surface area (Å²) < 4.78 is 15.8. The van der Waals surface area contributed by atoms with Crippen molar-refractivity contribution in [3.8, 4) is 11.5 Å². The third-order valence-electron chi connectivity index (χ3n) is 4.22. The summed E-state index contributed by atoms with van der Waals surface area (Å²) in [7, 11) is 2.91. The second-order valence-corrected chi connectivity index (χ2v) is 5.92. The van der Waals surface area contributed by atoms with Crippen LogP contribution < -0.4 is 14.8 Å². The van der Waals surface area contributed by atoms with E-state index >= 15 is 0 Å². The van der Waals surface area contributed by atoms with Crippen LogP contribution in [0.15, 0.2) is 24.3 Å². The van der Waals surface area contributed by atoms with Crippen molar-refractivity contribution < 1.29 is 28.9 Å². The molecule has 0 unspecified atom stereocenters. The number of fused-ring (bicyclic) bond motifs is 2. The number of amides is 1. The average molecular weight is 354 g/mol. The highest BCUT2D eigenvalue weighted by Gasteiger charge is 2.53. The molecule has 2 aliphatic rings. The molecule has 0 saturated carbocycles. The van der Waals surface area contributed by atoms with E-state index in [0.717, 1.165) is 0 Å². The summed E-state index contributed by atoms with van der Waals surface area (Å²) in [5.74, 6) is -2.49. The van der Waals surface area contributed by atoms with Gasteiger partial charge in [0.2, 0.25) is 5.91 Å². The lowest BCUT2D eigenvalue weighted by molar-refractivity contribution is -0.145. The van der Waals surface area contributed by atoms with Gasteiger partial charge >= 0.3 is 5.97 Å². The number of carbonyl (C=O) groups is 2. The Balaban J connectivity index is 1.86. The summed E-state index contributed by atoms with van der Waals surface area (Å²) in [6, 6.07) is 3.04. The molecule has 0 aromatic heterocycles. The zero-order chi connectivity index (χ0) is 17.4. The topological polar surface area (TPSA) is 94.1 Å². The SMILES string of the molecule is COc1cc(OC)c(NC(=O)[C@H]2[C@@H](C(=O)O)[C@H]3C=C[C@H]2O3)cc1Cl. The summed E-state index contributed by atoms with van der Waals surface area (Å²) in [6.45, 7) is 0. The van der Waals surface area contributed by atoms with Gasteiger partial charge in [-0.15, -0.1) is 0 Å². The Bertz CT molecular complexity index is 719. The minimum atomic E-state index is -1.06. The van der Waals surface area contributed by atoms with Gasteiger partial charge in [0, 0.05) is 6.07 Å². The molecular weight excluding hydrogens is 338 g/mol. The van der Waals surface area contributed by atoms with Crippen molar-refractivity contribution in [2.45, 2.75) is 12.2 Å². The molecule has 1 aromatic carbocycles. The molecule has 1 amide bonds. The number of hydrogen-bond acceptors (Lipinski definition) is 5. The summed E-state index contributed by atoms with van der Waals surface area (Å²) >= 11 is 6.08. The van der Waals surface area contributed by atoms with Gasteiger partial charge < -0.3 is 24.6 Å². The molecule has 2 bridgehead atoms. The molecule has 8 heteroatoms. The maximum absolute atomic E-state index is 12.6. The Morgan fingerprint density at radius 3 is 2.33 bits per heavy atom. The van der Waals surface area contributed by atoms with Crippen molar-refractivity contribution in [1.29, 1.82) is 0 Å². The van der Waals surface area contributed by atoms with Crippen molar-refractivity contribution in [2.75, 3.05) is 19.5 Å². The maximum atomic E-state index is 12.6. The van der Waals surface area contributed by atoms with E-state index in [-0.39, 0.29) is 0 Å². The van der Waals surface area contributed by atoms with Gasteiger partial charge in [0.25, 0.3) is 0 Å². The zero-order valence-corrected chi connectivity index (χ0v) is 13.7. The van der Waals surface area contributed by atoms with Gasteiger partial charge in [-0.05, 0) is 6.07 Å². The molecule has 3 rings (SSSR count). The maximum Gasteiger partial charge on any atom is 0.310 e. The van der Waals surface area contributed by atoms with Crippen molar-refractivity contribution in [3.63, 3.8) is 0 Å². The minimum absolute atomic E-state index is 0.299. The van der Waals surface area contributed by atoms with Crippen LogP contribution in [0.5, 0.6) is 11.5 Å². The Kier molecular flexibility index (Phi) is 4.38. The molecule has 24 heavy (non-hydrogen) atoms. The highest BCUT2D eigenvalue weighted by Crippen LogP contribution is 2.41. The first-order valence-corrected chi connectivity index (χ1v) is 7.63. The smallest absolute Gasteiger partial charge is 0.310 e. The summed E-state index contributed by atoms with van der Waals surface area (Å²) in [5.41, 5.74) is 0.337. The number of carboxylic acids is 1. The predicted octanol–water partition coefficient (Wildman–Crippen LogP) is 1.95. The van der Waals surface area contributed by atoms with E-state index in [1.165, 1.54) is 20.3 Å². The van der Waals surface area contributed by atoms with Crippen LogP contribution in [0.2, 0.25) is 5.02 Å². The van der Waals surface area contributed by atoms with Crippen molar-refractivity contribution in [1.82, 2.24) is 0 Å². The van der Waals surface area contributed by atoms with Gasteiger partial charge in [-0.25, -0.2) is 0 Å². The number of hydrogen-bond donors (Lipinski definition) is 2. The number of benzene rings is 1. The van der Waals surface area contributed by atoms with E-state index in [0.29, 0.717) is 22.2 Å². The Hall–Kier alpha value is -2.25. The fraction of sp³-hybridized carbons (Fsp3) is 0.375. The number of rotatable bonds is 5. The van der Waals surface area contributed by atoms with E-state index in [9.17, 15) is 14.7 Å². The largest absolute Gasteiger partial charge is 0.495 e. The summed E-state index contributed by atoms with van der Waals surface area (Å²) in [5, 5.41) is 12.4. The summed E-state index contributed by atoms with van der Waals surface area (Å²) in [6.07, 6.45) is 2.27. The predicted molar refractivity (Wildman–Crippen MR) is 85.6 cm³/mol. The van der Waals surface area contributed by atoms with E-state index < -0.39 is 35.9 Å². The van der Waals surface area contributed by atoms with Crippen LogP contribution in [0.3, 0.4) is 0 Å². The summed E-state index contributed by atoms with van der Waals surface area (Å²) in [4.78, 5) is 24.1. The third kappa shape index (κ3) is 2.70. The van der Waals surface area contributed by atoms with Crippen LogP contribution in [0.1, 0.15) is 0 Å². The van der Waals surface area contributed by atoms with Gasteiger partial charge in [-0.3, -0.25) is 9.59 Å². The highest BCUT2D eigenvalue weighted by atomic mass is 35.5. The van der Waals surface area contributed by atoms with Crippen LogP contribution in [-0.2, 0) is 14.3 Å². The lowest BCUT2D eigenvalue weighted by Crippen LogP contribution is -2.39. The number of carbonyl (C=O) groups excluding carboxylic acids is 1. The molecule has 1 saturated heterocycles. The highest BCUT2D eigenvalue weighted by molar-refractivity contribution is 6.32. The lowest BCUT2D eigenvalue weighted by Gasteiger charge is -2.22. The van der Waals surface area contributed by atoms with E-state index in [1.807, 2.05) is 0 Å². The first-order valence-electron chi connectivity index (χ1n) is 7.25. The van der Waals surface area contributed by atoms with Gasteiger partial charge in [-0.1, -0.05) is 23.8 Å². The second kappa shape index (κ2) is 6.33. The average Bonchev–Trinajstić information content (AvgIpc) is 3.16. The van der Waals surface area contributed by atoms with E-state index in [4.69, 9.17) is 25.8 Å². The van der Waals surface area contributed by atoms with Crippen molar-refractivity contribution >= 4 is 29.2 Å². The Morgan fingerprint density at radius 1 is 1.12 bits per heavy atom. The number of nitrogens with one attached hydrogen (secondary N) is 1. The molecule has 1 fully saturated rings. The van der Waals surface area contributed by atoms with E-state index in [1.54, 1.807) is 18.2 Å². The molecule has 0 spiro atoms. The minimum Gasteiger partial charge on any atom is -0.495 e. The monoisotopic (exact) mass is 353 g/mol. The van der Waals surface area contributed by atoms with Crippen molar-refractivity contribution in [3.05, 3.63) is 29.3 Å². The number of aliphatic carboxylic acids is 1. The quantitative estimate of drug-likeness (QED) is 0.786. The normalized spacial score (nSPS) is 27.1. The fourth-order valence-corrected chi connectivity index (χ4v) is 3.33. The van der Waals surface area contributed by atoms with Gasteiger partial charge in [0.05, 0.1) is 43.1 Å². The van der Waals surface area contributed by atoms with Gasteiger partial charge in [0.1, 0.15) is 17.4 Å². The number of ether oxygens (including phenoxy) is 3. The van der Waals surface area contributed by atoms with Gasteiger partial charge in [-0.2, -0.15) is 0 Å². The van der Waals surface area contributed by atoms with Crippen LogP contribution in [0.25, 0.3) is 0 Å². The number of methoxy groups -OCH3 is 2. The molecule has 4 atom stereocenters. The molecular formula is C16H16ClNO6. The first-order chi connectivity index (χ1) is 11.5. The number of halogens is 1. The molecule has 2 aliphatic heterocycles. The van der Waals surface area contributed by atoms with Crippen LogP contribution in [0, 0.1) is 11.8 Å². The van der Waals surface area contributed by atoms with Crippen LogP contribution >= 0.6 is 11.6 Å². The Labute approximate surface area is 143 Å². The lowest BCUT2D eigenvalue weighted by atomic mass is 9.82. The third-order valence-corrected chi connectivity index (χ3v) is 4.51. The van der Waals surface area contributed by atoms with Crippen molar-refractivity contribution in [2.24, 2.45) is 11.8 Å². The molecule has 7 nitrogen and oxygen atoms in total. The Morgan fingerprint density at radius 2 is 1.75 bits per heavy atom. The molecule has 1 aromatic rings. The molecule has 0 radical (unpaired) electrons.